The van der Waals surface area contributed by atoms with Crippen molar-refractivity contribution in [2.75, 3.05) is 42.4 Å². The maximum absolute atomic E-state index is 15.8. The maximum Gasteiger partial charge on any atom is 0.232 e. The van der Waals surface area contributed by atoms with Crippen LogP contribution in [0.1, 0.15) is 50.0 Å². The van der Waals surface area contributed by atoms with Gasteiger partial charge in [-0.25, -0.2) is 27.8 Å². The molecule has 14 heteroatoms. The Hall–Kier alpha value is -2.87. The average molecular weight is 624 g/mol. The normalized spacial score (nSPS) is 16.8. The summed E-state index contributed by atoms with van der Waals surface area (Å²) >= 11 is 1.42. The van der Waals surface area contributed by atoms with Crippen molar-refractivity contribution in [1.82, 2.24) is 25.2 Å². The molecule has 2 aliphatic rings. The minimum absolute atomic E-state index is 0. The third-order valence-electron chi connectivity index (χ3n) is 7.39. The van der Waals surface area contributed by atoms with Gasteiger partial charge >= 0.3 is 0 Å². The molecule has 1 amide bonds. The van der Waals surface area contributed by atoms with E-state index in [0.717, 1.165) is 43.8 Å². The number of hydrogen-bond donors (Lipinski definition) is 3. The van der Waals surface area contributed by atoms with Crippen molar-refractivity contribution in [1.29, 1.82) is 0 Å². The van der Waals surface area contributed by atoms with Crippen molar-refractivity contribution in [2.24, 2.45) is 5.92 Å². The summed E-state index contributed by atoms with van der Waals surface area (Å²) in [6, 6.07) is 6.28. The molecule has 1 aromatic carbocycles. The van der Waals surface area contributed by atoms with Gasteiger partial charge in [-0.3, -0.25) is 9.52 Å². The van der Waals surface area contributed by atoms with Crippen LogP contribution in [0.25, 0.3) is 21.8 Å². The molecule has 10 nitrogen and oxygen atoms in total. The van der Waals surface area contributed by atoms with Crippen molar-refractivity contribution < 1.29 is 17.6 Å². The molecule has 2 aliphatic heterocycles. The topological polar surface area (TPSA) is 143 Å². The van der Waals surface area contributed by atoms with Gasteiger partial charge in [0, 0.05) is 36.7 Å². The van der Waals surface area contributed by atoms with Gasteiger partial charge in [0.05, 0.1) is 32.7 Å². The number of rotatable bonds is 8. The van der Waals surface area contributed by atoms with Crippen molar-refractivity contribution >= 4 is 51.3 Å². The van der Waals surface area contributed by atoms with Gasteiger partial charge in [-0.15, -0.1) is 23.7 Å². The zero-order chi connectivity index (χ0) is 28.3. The molecule has 41 heavy (non-hydrogen) atoms. The Morgan fingerprint density at radius 1 is 1.17 bits per heavy atom. The molecular formula is C27H35ClFN7O3S2. The summed E-state index contributed by atoms with van der Waals surface area (Å²) in [4.78, 5) is 28.9. The van der Waals surface area contributed by atoms with Gasteiger partial charge in [0.2, 0.25) is 21.9 Å². The molecule has 3 aromatic rings. The molecule has 0 bridgehead atoms. The first kappa shape index (κ1) is 31.1. The van der Waals surface area contributed by atoms with Crippen LogP contribution in [-0.2, 0) is 14.8 Å². The van der Waals surface area contributed by atoms with Gasteiger partial charge < -0.3 is 16.0 Å². The largest absolute Gasteiger partial charge is 0.368 e. The Kier molecular flexibility index (Phi) is 10.2. The predicted molar refractivity (Wildman–Crippen MR) is 162 cm³/mol. The summed E-state index contributed by atoms with van der Waals surface area (Å²) in [5.74, 6) is -0.301. The molecular weight excluding hydrogens is 589 g/mol. The summed E-state index contributed by atoms with van der Waals surface area (Å²) in [5.41, 5.74) is 6.80. The second kappa shape index (κ2) is 13.4. The lowest BCUT2D eigenvalue weighted by Gasteiger charge is -2.34. The number of sulfonamides is 1. The highest BCUT2D eigenvalue weighted by molar-refractivity contribution is 7.92. The third kappa shape index (κ3) is 7.14. The van der Waals surface area contributed by atoms with Crippen molar-refractivity contribution in [2.45, 2.75) is 44.9 Å². The number of nitrogen functional groups attached to an aromatic ring is 1. The Morgan fingerprint density at radius 2 is 1.90 bits per heavy atom. The monoisotopic (exact) mass is 623 g/mol. The summed E-state index contributed by atoms with van der Waals surface area (Å²) in [7, 11) is -3.69. The number of nitrogens with zero attached hydrogens (tertiary/aromatic N) is 4. The van der Waals surface area contributed by atoms with Crippen LogP contribution in [-0.4, -0.2) is 66.1 Å². The summed E-state index contributed by atoms with van der Waals surface area (Å²) in [6.07, 6.45) is 5.21. The van der Waals surface area contributed by atoms with E-state index in [2.05, 4.69) is 20.0 Å². The number of nitrogens with one attached hydrogen (secondary N) is 2. The molecule has 0 radical (unpaired) electrons. The van der Waals surface area contributed by atoms with Gasteiger partial charge in [0.15, 0.2) is 5.82 Å². The Labute approximate surface area is 249 Å². The zero-order valence-electron chi connectivity index (χ0n) is 22.8. The SMILES string of the molecule is CCCS(=O)(=O)Nc1cccc(-c2nc(C3CCN(C(=O)C4CCNCC4)CC3)sc2-c2ccnc(N)n2)c1F.Cl. The van der Waals surface area contributed by atoms with E-state index in [-0.39, 0.29) is 53.1 Å². The lowest BCUT2D eigenvalue weighted by molar-refractivity contribution is -0.137. The first-order valence-electron chi connectivity index (χ1n) is 13.6. The molecule has 4 heterocycles. The number of aromatic nitrogens is 3. The minimum Gasteiger partial charge on any atom is -0.368 e. The quantitative estimate of drug-likeness (QED) is 0.338. The van der Waals surface area contributed by atoms with E-state index < -0.39 is 15.8 Å². The van der Waals surface area contributed by atoms with E-state index in [0.29, 0.717) is 35.8 Å². The standard InChI is InChI=1S/C27H34FN7O3S2.ClH/c1-2-16-40(37,38)34-20-5-3-4-19(22(20)28)23-24(21-8-13-31-27(29)32-21)39-25(33-23)17-9-14-35(15-10-17)26(36)18-6-11-30-12-7-18;/h3-5,8,13,17-18,30,34H,2,6-7,9-12,14-16H2,1H3,(H2,29,31,32);1H. The summed E-state index contributed by atoms with van der Waals surface area (Å²) in [6.45, 7) is 4.81. The molecule has 0 aliphatic carbocycles. The molecule has 0 unspecified atom stereocenters. The number of piperidine rings is 2. The number of halogens is 2. The average Bonchev–Trinajstić information content (AvgIpc) is 3.39. The van der Waals surface area contributed by atoms with Crippen molar-refractivity contribution in [3.63, 3.8) is 0 Å². The lowest BCUT2D eigenvalue weighted by Crippen LogP contribution is -2.44. The first-order chi connectivity index (χ1) is 19.3. The fourth-order valence-corrected chi connectivity index (χ4v) is 7.67. The fourth-order valence-electron chi connectivity index (χ4n) is 5.32. The number of benzene rings is 1. The number of amides is 1. The van der Waals surface area contributed by atoms with Crippen LogP contribution in [0.2, 0.25) is 0 Å². The Morgan fingerprint density at radius 3 is 2.59 bits per heavy atom. The number of nitrogens with two attached hydrogens (primary N) is 1. The zero-order valence-corrected chi connectivity index (χ0v) is 25.3. The van der Waals surface area contributed by atoms with Crippen LogP contribution in [0.15, 0.2) is 30.5 Å². The molecule has 0 saturated carbocycles. The smallest absolute Gasteiger partial charge is 0.232 e. The van der Waals surface area contributed by atoms with Crippen LogP contribution in [0.5, 0.6) is 0 Å². The Bertz CT molecular complexity index is 1470. The van der Waals surface area contributed by atoms with Gasteiger partial charge in [-0.2, -0.15) is 0 Å². The van der Waals surface area contributed by atoms with Crippen molar-refractivity contribution in [3.05, 3.63) is 41.3 Å². The highest BCUT2D eigenvalue weighted by Gasteiger charge is 2.32. The number of anilines is 2. The lowest BCUT2D eigenvalue weighted by atomic mass is 9.93. The fraction of sp³-hybridized carbons (Fsp3) is 0.481. The molecule has 222 valence electrons. The third-order valence-corrected chi connectivity index (χ3v) is 10.1. The van der Waals surface area contributed by atoms with Gasteiger partial charge in [0.1, 0.15) is 0 Å². The summed E-state index contributed by atoms with van der Waals surface area (Å²) in [5, 5.41) is 4.13. The van der Waals surface area contributed by atoms with E-state index in [1.54, 1.807) is 25.1 Å². The Balaban J connectivity index is 0.00000387. The van der Waals surface area contributed by atoms with Crippen LogP contribution in [0.4, 0.5) is 16.0 Å². The second-order valence-corrected chi connectivity index (χ2v) is 13.1. The van der Waals surface area contributed by atoms with E-state index in [1.807, 2.05) is 4.90 Å². The first-order valence-corrected chi connectivity index (χ1v) is 16.1. The van der Waals surface area contributed by atoms with Crippen LogP contribution in [0.3, 0.4) is 0 Å². The minimum atomic E-state index is -3.69. The number of likely N-dealkylation sites (tertiary alicyclic amines) is 1. The predicted octanol–water partition coefficient (Wildman–Crippen LogP) is 4.27. The van der Waals surface area contributed by atoms with Crippen LogP contribution in [0, 0.1) is 11.7 Å². The van der Waals surface area contributed by atoms with Crippen LogP contribution < -0.4 is 15.8 Å². The molecule has 4 N–H and O–H groups in total. The van der Waals surface area contributed by atoms with E-state index in [1.165, 1.54) is 23.6 Å². The highest BCUT2D eigenvalue weighted by Crippen LogP contribution is 2.42. The highest BCUT2D eigenvalue weighted by atomic mass is 35.5. The van der Waals surface area contributed by atoms with E-state index >= 15 is 4.39 Å². The number of hydrogen-bond acceptors (Lipinski definition) is 9. The summed E-state index contributed by atoms with van der Waals surface area (Å²) < 4.78 is 42.9. The molecule has 5 rings (SSSR count). The molecule has 2 saturated heterocycles. The number of carbonyl (C=O) groups is 1. The van der Waals surface area contributed by atoms with Gasteiger partial charge in [0.25, 0.3) is 0 Å². The van der Waals surface area contributed by atoms with Crippen molar-refractivity contribution in [3.8, 4) is 21.8 Å². The molecule has 2 fully saturated rings. The molecule has 0 spiro atoms. The van der Waals surface area contributed by atoms with E-state index in [9.17, 15) is 13.2 Å². The number of thiazole rings is 1. The van der Waals surface area contributed by atoms with Gasteiger partial charge in [-0.05, 0) is 63.4 Å². The maximum atomic E-state index is 15.8. The number of carbonyl (C=O) groups excluding carboxylic acids is 1. The van der Waals surface area contributed by atoms with Gasteiger partial charge in [-0.1, -0.05) is 13.0 Å². The molecule has 2 aromatic heterocycles. The van der Waals surface area contributed by atoms with E-state index in [4.69, 9.17) is 10.7 Å². The second-order valence-electron chi connectivity index (χ2n) is 10.2. The van der Waals surface area contributed by atoms with Crippen LogP contribution >= 0.6 is 23.7 Å². The molecule has 0 atom stereocenters.